The molecule has 0 bridgehead atoms. The van der Waals surface area contributed by atoms with Gasteiger partial charge in [0.2, 0.25) is 0 Å². The Morgan fingerprint density at radius 2 is 2.00 bits per heavy atom. The second-order valence-electron chi connectivity index (χ2n) is 2.85. The predicted octanol–water partition coefficient (Wildman–Crippen LogP) is 0.901. The van der Waals surface area contributed by atoms with E-state index in [1.165, 1.54) is 6.92 Å². The molecule has 0 amide bonds. The van der Waals surface area contributed by atoms with Crippen molar-refractivity contribution < 1.29 is 22.9 Å². The minimum absolute atomic E-state index is 0.189. The molecule has 0 saturated heterocycles. The van der Waals surface area contributed by atoms with Crippen molar-refractivity contribution in [3.8, 4) is 0 Å². The standard InChI is InChI=1S/C7H11ClO5S/c1-4(8)3-6(14(11,12)13)5(2)7(9)10/h4,6H,2-3H2,1H3,(H,9,10)(H,11,12,13). The molecule has 2 atom stereocenters. The maximum atomic E-state index is 10.8. The second-order valence-corrected chi connectivity index (χ2v) is 5.19. The van der Waals surface area contributed by atoms with Crippen LogP contribution in [0.3, 0.4) is 0 Å². The predicted molar refractivity (Wildman–Crippen MR) is 52.0 cm³/mol. The maximum Gasteiger partial charge on any atom is 0.332 e. The van der Waals surface area contributed by atoms with Crippen molar-refractivity contribution in [2.24, 2.45) is 0 Å². The molecule has 0 aromatic rings. The van der Waals surface area contributed by atoms with Crippen LogP contribution in [0.5, 0.6) is 0 Å². The smallest absolute Gasteiger partial charge is 0.332 e. The minimum atomic E-state index is -4.47. The molecule has 2 N–H and O–H groups in total. The molecule has 0 aliphatic carbocycles. The SMILES string of the molecule is C=C(C(=O)O)C(CC(C)Cl)S(=O)(=O)O. The summed E-state index contributed by atoms with van der Waals surface area (Å²) in [6.45, 7) is 4.57. The molecule has 0 aromatic heterocycles. The normalized spacial score (nSPS) is 15.9. The molecule has 0 aliphatic heterocycles. The van der Waals surface area contributed by atoms with Crippen molar-refractivity contribution >= 4 is 27.7 Å². The lowest BCUT2D eigenvalue weighted by Crippen LogP contribution is -2.28. The molecule has 0 heterocycles. The zero-order valence-corrected chi connectivity index (χ0v) is 9.05. The molecule has 0 aromatic carbocycles. The van der Waals surface area contributed by atoms with Crippen molar-refractivity contribution in [2.75, 3.05) is 0 Å². The lowest BCUT2D eigenvalue weighted by Gasteiger charge is -2.14. The van der Waals surface area contributed by atoms with Gasteiger partial charge in [0.25, 0.3) is 10.1 Å². The fraction of sp³-hybridized carbons (Fsp3) is 0.571. The summed E-state index contributed by atoms with van der Waals surface area (Å²) in [5.74, 6) is -1.47. The molecule has 0 rings (SSSR count). The fourth-order valence-electron chi connectivity index (χ4n) is 0.876. The lowest BCUT2D eigenvalue weighted by molar-refractivity contribution is -0.132. The van der Waals surface area contributed by atoms with Crippen LogP contribution < -0.4 is 0 Å². The second kappa shape index (κ2) is 4.77. The Kier molecular flexibility index (Phi) is 4.57. The van der Waals surface area contributed by atoms with E-state index in [4.69, 9.17) is 21.3 Å². The number of halogens is 1. The number of rotatable bonds is 5. The number of carboxylic acids is 1. The van der Waals surface area contributed by atoms with Gasteiger partial charge in [0, 0.05) is 5.38 Å². The van der Waals surface area contributed by atoms with E-state index in [9.17, 15) is 13.2 Å². The highest BCUT2D eigenvalue weighted by atomic mass is 35.5. The average Bonchev–Trinajstić information content (AvgIpc) is 1.96. The summed E-state index contributed by atoms with van der Waals surface area (Å²) < 4.78 is 30.3. The molecule has 82 valence electrons. The van der Waals surface area contributed by atoms with Crippen molar-refractivity contribution in [1.29, 1.82) is 0 Å². The Labute approximate surface area is 87.1 Å². The highest BCUT2D eigenvalue weighted by Crippen LogP contribution is 2.18. The molecule has 5 nitrogen and oxygen atoms in total. The van der Waals surface area contributed by atoms with Crippen LogP contribution in [0, 0.1) is 0 Å². The molecule has 14 heavy (non-hydrogen) atoms. The first kappa shape index (κ1) is 13.4. The van der Waals surface area contributed by atoms with Gasteiger partial charge >= 0.3 is 5.97 Å². The van der Waals surface area contributed by atoms with Crippen molar-refractivity contribution in [3.63, 3.8) is 0 Å². The number of alkyl halides is 1. The number of hydrogen-bond donors (Lipinski definition) is 2. The molecule has 7 heteroatoms. The summed E-state index contributed by atoms with van der Waals surface area (Å²) in [6, 6.07) is 0. The van der Waals surface area contributed by atoms with Gasteiger partial charge in [-0.2, -0.15) is 8.42 Å². The van der Waals surface area contributed by atoms with E-state index in [2.05, 4.69) is 6.58 Å². The van der Waals surface area contributed by atoms with Gasteiger partial charge in [-0.1, -0.05) is 6.58 Å². The molecular weight excluding hydrogens is 232 g/mol. The first-order chi connectivity index (χ1) is 6.16. The van der Waals surface area contributed by atoms with Crippen LogP contribution in [-0.2, 0) is 14.9 Å². The summed E-state index contributed by atoms with van der Waals surface area (Å²) in [4.78, 5) is 10.5. The van der Waals surface area contributed by atoms with Gasteiger partial charge in [0.05, 0.1) is 5.57 Å². The van der Waals surface area contributed by atoms with Crippen LogP contribution in [0.1, 0.15) is 13.3 Å². The van der Waals surface area contributed by atoms with Crippen LogP contribution in [-0.4, -0.2) is 34.7 Å². The zero-order valence-electron chi connectivity index (χ0n) is 7.47. The van der Waals surface area contributed by atoms with Gasteiger partial charge in [-0.25, -0.2) is 4.79 Å². The van der Waals surface area contributed by atoms with Crippen LogP contribution in [0.4, 0.5) is 0 Å². The first-order valence-corrected chi connectivity index (χ1v) is 5.62. The van der Waals surface area contributed by atoms with Crippen molar-refractivity contribution in [3.05, 3.63) is 12.2 Å². The molecule has 0 radical (unpaired) electrons. The van der Waals surface area contributed by atoms with E-state index in [-0.39, 0.29) is 6.42 Å². The highest BCUT2D eigenvalue weighted by molar-refractivity contribution is 7.86. The van der Waals surface area contributed by atoms with Gasteiger partial charge in [-0.15, -0.1) is 11.6 Å². The van der Waals surface area contributed by atoms with Crippen LogP contribution in [0.2, 0.25) is 0 Å². The van der Waals surface area contributed by atoms with E-state index in [1.807, 2.05) is 0 Å². The molecule has 2 unspecified atom stereocenters. The molecular formula is C7H11ClO5S. The number of aliphatic carboxylic acids is 1. The third kappa shape index (κ3) is 4.08. The Morgan fingerprint density at radius 1 is 1.57 bits per heavy atom. The van der Waals surface area contributed by atoms with Gasteiger partial charge in [-0.05, 0) is 13.3 Å². The quantitative estimate of drug-likeness (QED) is 0.425. The Bertz CT molecular complexity index is 332. The number of carbonyl (C=O) groups is 1. The Balaban J connectivity index is 4.93. The highest BCUT2D eigenvalue weighted by Gasteiger charge is 2.31. The van der Waals surface area contributed by atoms with Crippen molar-refractivity contribution in [1.82, 2.24) is 0 Å². The third-order valence-corrected chi connectivity index (χ3v) is 2.94. The monoisotopic (exact) mass is 242 g/mol. The van der Waals surface area contributed by atoms with Gasteiger partial charge < -0.3 is 5.11 Å². The fourth-order valence-corrected chi connectivity index (χ4v) is 2.15. The third-order valence-electron chi connectivity index (χ3n) is 1.56. The lowest BCUT2D eigenvalue weighted by atomic mass is 10.1. The molecule has 0 spiro atoms. The molecule has 0 saturated carbocycles. The zero-order chi connectivity index (χ0) is 11.5. The van der Waals surface area contributed by atoms with Gasteiger partial charge in [0.15, 0.2) is 0 Å². The van der Waals surface area contributed by atoms with E-state index in [1.54, 1.807) is 0 Å². The summed E-state index contributed by atoms with van der Waals surface area (Å²) in [5, 5.41) is 6.39. The number of hydrogen-bond acceptors (Lipinski definition) is 3. The largest absolute Gasteiger partial charge is 0.478 e. The average molecular weight is 243 g/mol. The summed E-state index contributed by atoms with van der Waals surface area (Å²) >= 11 is 5.52. The van der Waals surface area contributed by atoms with E-state index >= 15 is 0 Å². The van der Waals surface area contributed by atoms with E-state index < -0.39 is 32.3 Å². The van der Waals surface area contributed by atoms with E-state index in [0.29, 0.717) is 0 Å². The topological polar surface area (TPSA) is 91.7 Å². The van der Waals surface area contributed by atoms with Gasteiger partial charge in [0.1, 0.15) is 5.25 Å². The molecule has 0 aliphatic rings. The van der Waals surface area contributed by atoms with E-state index in [0.717, 1.165) is 0 Å². The van der Waals surface area contributed by atoms with Gasteiger partial charge in [-0.3, -0.25) is 4.55 Å². The molecule has 0 fully saturated rings. The summed E-state index contributed by atoms with van der Waals surface area (Å²) in [5.41, 5.74) is -0.583. The Hall–Kier alpha value is -0.590. The number of carboxylic acid groups (broad SMARTS) is 1. The van der Waals surface area contributed by atoms with Crippen LogP contribution in [0.15, 0.2) is 12.2 Å². The van der Waals surface area contributed by atoms with Crippen LogP contribution >= 0.6 is 11.6 Å². The first-order valence-electron chi connectivity index (χ1n) is 3.68. The minimum Gasteiger partial charge on any atom is -0.478 e. The van der Waals surface area contributed by atoms with Crippen LogP contribution in [0.25, 0.3) is 0 Å². The Morgan fingerprint density at radius 3 is 2.21 bits per heavy atom. The summed E-state index contributed by atoms with van der Waals surface area (Å²) in [6.07, 6.45) is -0.189. The summed E-state index contributed by atoms with van der Waals surface area (Å²) in [7, 11) is -4.47. The maximum absolute atomic E-state index is 10.8. The van der Waals surface area contributed by atoms with Crippen molar-refractivity contribution in [2.45, 2.75) is 24.0 Å².